The van der Waals surface area contributed by atoms with Gasteiger partial charge in [0.25, 0.3) is 5.79 Å². The van der Waals surface area contributed by atoms with Crippen LogP contribution in [0.15, 0.2) is 30.5 Å². The van der Waals surface area contributed by atoms with Gasteiger partial charge < -0.3 is 74.7 Å². The van der Waals surface area contributed by atoms with Gasteiger partial charge in [-0.1, -0.05) is 41.8 Å². The number of carboxylic acid groups (broad SMARTS) is 1. The molecule has 1 aliphatic heterocycles. The molecule has 3 amide bonds. The SMILES string of the molecule is NC(=O)N[C@H]1[C@H]([C@H](O)[C@H](O)CNC(=O)Cc2ccc(Cl)cc2)O[C@@](OCCCCCCOCc2cn(CCOCCOCCOCCOCCC(=O)Oc3c(F)c(F)c(F)c(F)c3F)nn2)(C(=O)O)C[C@@H]1O. The van der Waals surface area contributed by atoms with Crippen LogP contribution in [0, 0.1) is 29.1 Å². The Morgan fingerprint density at radius 2 is 1.40 bits per heavy atom. The number of nitrogens with zero attached hydrogens (tertiary/aromatic N) is 3. The van der Waals surface area contributed by atoms with E-state index in [1.165, 1.54) is 0 Å². The molecule has 72 heavy (non-hydrogen) atoms. The predicted octanol–water partition coefficient (Wildman–Crippen LogP) is 1.83. The molecule has 0 aliphatic carbocycles. The maximum Gasteiger partial charge on any atom is 0.364 e. The number of unbranched alkanes of at least 4 members (excludes halogenated alkanes) is 3. The molecule has 0 saturated carbocycles. The van der Waals surface area contributed by atoms with Crippen molar-refractivity contribution in [2.45, 2.75) is 94.3 Å². The van der Waals surface area contributed by atoms with Gasteiger partial charge in [-0.05, 0) is 30.5 Å². The second-order valence-corrected chi connectivity index (χ2v) is 16.4. The number of esters is 1. The predicted molar refractivity (Wildman–Crippen MR) is 236 cm³/mol. The second-order valence-electron chi connectivity index (χ2n) is 16.0. The molecule has 4 rings (SSSR count). The van der Waals surface area contributed by atoms with Crippen LogP contribution in [0.4, 0.5) is 26.7 Å². The number of rotatable bonds is 34. The number of aliphatic carboxylic acids is 1. The highest BCUT2D eigenvalue weighted by atomic mass is 35.5. The lowest BCUT2D eigenvalue weighted by Gasteiger charge is -2.46. The Labute approximate surface area is 414 Å². The van der Waals surface area contributed by atoms with E-state index in [1.54, 1.807) is 35.1 Å². The van der Waals surface area contributed by atoms with Crippen LogP contribution in [-0.2, 0) is 67.1 Å². The molecule has 0 spiro atoms. The first-order valence-corrected chi connectivity index (χ1v) is 23.0. The Balaban J connectivity index is 1.01. The van der Waals surface area contributed by atoms with Crippen molar-refractivity contribution in [1.29, 1.82) is 0 Å². The number of carbonyl (C=O) groups excluding carboxylic acids is 3. The van der Waals surface area contributed by atoms with Gasteiger partial charge in [0.2, 0.25) is 40.7 Å². The molecule has 1 aliphatic rings. The van der Waals surface area contributed by atoms with Crippen LogP contribution < -0.4 is 21.1 Å². The zero-order valence-electron chi connectivity index (χ0n) is 38.8. The van der Waals surface area contributed by atoms with Crippen molar-refractivity contribution in [3.05, 3.63) is 75.8 Å². The van der Waals surface area contributed by atoms with Crippen LogP contribution >= 0.6 is 11.6 Å². The lowest BCUT2D eigenvalue weighted by molar-refractivity contribution is -0.310. The number of aliphatic hydroxyl groups is 3. The van der Waals surface area contributed by atoms with Crippen molar-refractivity contribution in [3.63, 3.8) is 0 Å². The Bertz CT molecular complexity index is 2160. The fourth-order valence-electron chi connectivity index (χ4n) is 6.79. The normalized spacial score (nSPS) is 18.7. The number of ether oxygens (including phenoxy) is 8. The fraction of sp³-hybridized carbons (Fsp3) is 0.591. The van der Waals surface area contributed by atoms with Crippen LogP contribution in [0.2, 0.25) is 5.02 Å². The molecule has 6 atom stereocenters. The third-order valence-electron chi connectivity index (χ3n) is 10.5. The molecule has 8 N–H and O–H groups in total. The summed E-state index contributed by atoms with van der Waals surface area (Å²) in [7, 11) is 0. The highest BCUT2D eigenvalue weighted by molar-refractivity contribution is 6.30. The van der Waals surface area contributed by atoms with Crippen molar-refractivity contribution in [1.82, 2.24) is 25.6 Å². The van der Waals surface area contributed by atoms with Gasteiger partial charge in [-0.25, -0.2) is 27.4 Å². The number of urea groups is 1. The summed E-state index contributed by atoms with van der Waals surface area (Å²) in [5.41, 5.74) is 6.49. The van der Waals surface area contributed by atoms with Gasteiger partial charge >= 0.3 is 18.0 Å². The third-order valence-corrected chi connectivity index (χ3v) is 10.7. The van der Waals surface area contributed by atoms with Crippen LogP contribution in [0.5, 0.6) is 5.75 Å². The monoisotopic (exact) mass is 1060 g/mol. The number of primary amides is 1. The van der Waals surface area contributed by atoms with Gasteiger partial charge in [-0.3, -0.25) is 9.59 Å². The van der Waals surface area contributed by atoms with Crippen LogP contribution in [-0.4, -0.2) is 168 Å². The van der Waals surface area contributed by atoms with Crippen molar-refractivity contribution in [3.8, 4) is 5.75 Å². The van der Waals surface area contributed by atoms with E-state index in [2.05, 4.69) is 25.7 Å². The molecule has 402 valence electrons. The summed E-state index contributed by atoms with van der Waals surface area (Å²) in [5, 5.41) is 56.2. The van der Waals surface area contributed by atoms with E-state index in [4.69, 9.17) is 50.5 Å². The smallest absolute Gasteiger partial charge is 0.364 e. The largest absolute Gasteiger partial charge is 0.477 e. The molecule has 22 nitrogen and oxygen atoms in total. The molecule has 1 saturated heterocycles. The number of benzene rings is 2. The molecule has 1 fully saturated rings. The van der Waals surface area contributed by atoms with Crippen molar-refractivity contribution >= 4 is 35.5 Å². The highest BCUT2D eigenvalue weighted by Gasteiger charge is 2.55. The van der Waals surface area contributed by atoms with Crippen LogP contribution in [0.1, 0.15) is 49.8 Å². The molecule has 2 aromatic carbocycles. The highest BCUT2D eigenvalue weighted by Crippen LogP contribution is 2.34. The second kappa shape index (κ2) is 30.7. The van der Waals surface area contributed by atoms with E-state index >= 15 is 0 Å². The van der Waals surface area contributed by atoms with Crippen molar-refractivity contribution in [2.24, 2.45) is 5.73 Å². The van der Waals surface area contributed by atoms with Crippen LogP contribution in [0.3, 0.4) is 0 Å². The number of hydrogen-bond donors (Lipinski definition) is 7. The van der Waals surface area contributed by atoms with Crippen molar-refractivity contribution in [2.75, 3.05) is 72.6 Å². The molecule has 28 heteroatoms. The number of nitrogens with two attached hydrogens (primary N) is 1. The Kier molecular flexibility index (Phi) is 25.3. The minimum atomic E-state index is -2.46. The Morgan fingerprint density at radius 3 is 2.01 bits per heavy atom. The zero-order chi connectivity index (χ0) is 52.6. The van der Waals surface area contributed by atoms with E-state index in [9.17, 15) is 61.6 Å². The summed E-state index contributed by atoms with van der Waals surface area (Å²) in [6.07, 6.45) is -4.25. The molecular formula is C44H58ClF5N6O16. The average Bonchev–Trinajstić information content (AvgIpc) is 3.81. The Morgan fingerprint density at radius 1 is 0.819 bits per heavy atom. The van der Waals surface area contributed by atoms with Gasteiger partial charge in [-0.2, -0.15) is 8.78 Å². The van der Waals surface area contributed by atoms with Gasteiger partial charge in [0.05, 0.1) is 110 Å². The molecule has 0 unspecified atom stereocenters. The van der Waals surface area contributed by atoms with E-state index in [0.717, 1.165) is 0 Å². The van der Waals surface area contributed by atoms with Gasteiger partial charge in [0, 0.05) is 24.6 Å². The zero-order valence-corrected chi connectivity index (χ0v) is 39.5. The van der Waals surface area contributed by atoms with E-state index in [0.29, 0.717) is 68.3 Å². The Hall–Kier alpha value is -5.20. The minimum absolute atomic E-state index is 0.0337. The molecule has 3 aromatic rings. The summed E-state index contributed by atoms with van der Waals surface area (Å²) in [6.45, 7) is 1.65. The summed E-state index contributed by atoms with van der Waals surface area (Å²) in [6, 6.07) is 3.93. The number of hydrogen-bond acceptors (Lipinski definition) is 17. The summed E-state index contributed by atoms with van der Waals surface area (Å²) >= 11 is 5.88. The van der Waals surface area contributed by atoms with Gasteiger partial charge in [-0.15, -0.1) is 5.10 Å². The number of carbonyl (C=O) groups is 4. The lowest BCUT2D eigenvalue weighted by atomic mass is 9.88. The molecule has 2 heterocycles. The number of carboxylic acids is 1. The summed E-state index contributed by atoms with van der Waals surface area (Å²) < 4.78 is 111. The van der Waals surface area contributed by atoms with Crippen LogP contribution in [0.25, 0.3) is 0 Å². The first kappa shape index (κ1) is 59.4. The molecule has 1 aromatic heterocycles. The van der Waals surface area contributed by atoms with E-state index in [1.807, 2.05) is 0 Å². The minimum Gasteiger partial charge on any atom is -0.477 e. The third kappa shape index (κ3) is 19.3. The number of aliphatic hydroxyl groups excluding tert-OH is 3. The standard InChI is InChI=1S/C44H58ClF5N6O16/c45-27-7-5-26(6-8-27)21-31(59)52-23-30(58)39(61)41-38(53-43(51)64)29(57)22-44(72-41,42(62)63)70-12-4-2-1-3-11-69-25-28-24-56(55-54-28)10-14-66-16-18-68-20-19-67-17-15-65-13-9-32(60)71-40-36(49)34(47)33(46)35(48)37(40)50/h5-8,24,29-30,38-39,41,57-58,61H,1-4,9-23,25H2,(H,52,59)(H,62,63)(H3,51,53,64)/t29-,30+,38+,39+,41+,44+/m0/s1. The molecule has 0 radical (unpaired) electrons. The maximum atomic E-state index is 13.6. The first-order chi connectivity index (χ1) is 34.4. The summed E-state index contributed by atoms with van der Waals surface area (Å²) in [5.74, 6) is -18.9. The number of amides is 3. The number of aromatic nitrogens is 3. The van der Waals surface area contributed by atoms with E-state index < -0.39 is 114 Å². The molecular weight excluding hydrogens is 999 g/mol. The fourth-order valence-corrected chi connectivity index (χ4v) is 6.92. The topological polar surface area (TPSA) is 304 Å². The number of nitrogens with one attached hydrogen (secondary N) is 2. The quantitative estimate of drug-likeness (QED) is 0.0112. The van der Waals surface area contributed by atoms with Gasteiger partial charge in [0.1, 0.15) is 17.9 Å². The summed E-state index contributed by atoms with van der Waals surface area (Å²) in [4.78, 5) is 48.5. The molecule has 0 bridgehead atoms. The number of halogens is 6. The lowest BCUT2D eigenvalue weighted by Crippen LogP contribution is -2.68. The average molecular weight is 1060 g/mol. The van der Waals surface area contributed by atoms with Gasteiger partial charge in [0.15, 0.2) is 0 Å². The van der Waals surface area contributed by atoms with E-state index in [-0.39, 0.29) is 59.3 Å². The van der Waals surface area contributed by atoms with Crippen molar-refractivity contribution < 1.29 is 99.5 Å². The first-order valence-electron chi connectivity index (χ1n) is 22.6. The maximum absolute atomic E-state index is 13.6.